The topological polar surface area (TPSA) is 84.5 Å². The lowest BCUT2D eigenvalue weighted by atomic mass is 10.2. The van der Waals surface area contributed by atoms with Crippen molar-refractivity contribution >= 4 is 27.3 Å². The van der Waals surface area contributed by atoms with Crippen LogP contribution < -0.4 is 14.8 Å². The summed E-state index contributed by atoms with van der Waals surface area (Å²) in [7, 11) is -3.74. The zero-order valence-electron chi connectivity index (χ0n) is 17.0. The lowest BCUT2D eigenvalue weighted by Crippen LogP contribution is -2.15. The molecule has 0 bridgehead atoms. The predicted octanol–water partition coefficient (Wildman–Crippen LogP) is 4.84. The lowest BCUT2D eigenvalue weighted by molar-refractivity contribution is 0.102. The van der Waals surface area contributed by atoms with Crippen LogP contribution in [-0.4, -0.2) is 20.4 Å². The Kier molecular flexibility index (Phi) is 6.42. The highest BCUT2D eigenvalue weighted by atomic mass is 32.2. The highest BCUT2D eigenvalue weighted by Crippen LogP contribution is 2.20. The van der Waals surface area contributed by atoms with Crippen molar-refractivity contribution in [1.82, 2.24) is 0 Å². The van der Waals surface area contributed by atoms with E-state index in [9.17, 15) is 13.2 Å². The molecule has 1 amide bonds. The van der Waals surface area contributed by atoms with Gasteiger partial charge in [0.05, 0.1) is 11.0 Å². The first-order valence-corrected chi connectivity index (χ1v) is 11.0. The number of carbonyl (C=O) groups excluding carboxylic acids is 1. The van der Waals surface area contributed by atoms with Gasteiger partial charge in [-0.05, 0) is 75.4 Å². The van der Waals surface area contributed by atoms with Crippen LogP contribution in [0.3, 0.4) is 0 Å². The van der Waals surface area contributed by atoms with Crippen LogP contribution in [0.4, 0.5) is 11.4 Å². The van der Waals surface area contributed by atoms with E-state index < -0.39 is 10.0 Å². The van der Waals surface area contributed by atoms with E-state index in [1.165, 1.54) is 6.07 Å². The second-order valence-corrected chi connectivity index (χ2v) is 8.83. The van der Waals surface area contributed by atoms with Gasteiger partial charge in [0.2, 0.25) is 0 Å². The first kappa shape index (κ1) is 21.4. The maximum Gasteiger partial charge on any atom is 0.261 e. The number of carbonyl (C=O) groups is 1. The van der Waals surface area contributed by atoms with E-state index in [4.69, 9.17) is 4.74 Å². The van der Waals surface area contributed by atoms with Crippen LogP contribution in [0, 0.1) is 6.92 Å². The van der Waals surface area contributed by atoms with Gasteiger partial charge in [-0.15, -0.1) is 0 Å². The number of rotatable bonds is 7. The van der Waals surface area contributed by atoms with E-state index in [0.29, 0.717) is 16.9 Å². The molecule has 6 nitrogen and oxygen atoms in total. The Morgan fingerprint density at radius 2 is 1.57 bits per heavy atom. The molecule has 156 valence electrons. The number of hydrogen-bond acceptors (Lipinski definition) is 4. The molecule has 0 atom stereocenters. The number of nitrogens with one attached hydrogen (secondary N) is 2. The van der Waals surface area contributed by atoms with Crippen LogP contribution in [-0.2, 0) is 10.0 Å². The van der Waals surface area contributed by atoms with Gasteiger partial charge in [0, 0.05) is 16.9 Å². The highest BCUT2D eigenvalue weighted by Gasteiger charge is 2.15. The summed E-state index contributed by atoms with van der Waals surface area (Å²) in [5.41, 5.74) is 2.23. The molecular formula is C23H24N2O4S. The Balaban J connectivity index is 1.71. The number of ether oxygens (including phenoxy) is 1. The fourth-order valence-corrected chi connectivity index (χ4v) is 3.80. The Labute approximate surface area is 177 Å². The van der Waals surface area contributed by atoms with Crippen molar-refractivity contribution in [3.8, 4) is 5.75 Å². The summed E-state index contributed by atoms with van der Waals surface area (Å²) in [5.74, 6) is 0.374. The van der Waals surface area contributed by atoms with Gasteiger partial charge >= 0.3 is 0 Å². The molecule has 0 fully saturated rings. The smallest absolute Gasteiger partial charge is 0.261 e. The Morgan fingerprint density at radius 1 is 0.900 bits per heavy atom. The maximum absolute atomic E-state index is 12.6. The van der Waals surface area contributed by atoms with Gasteiger partial charge in [-0.2, -0.15) is 0 Å². The van der Waals surface area contributed by atoms with E-state index in [1.807, 2.05) is 20.8 Å². The van der Waals surface area contributed by atoms with E-state index >= 15 is 0 Å². The molecule has 3 rings (SSSR count). The minimum absolute atomic E-state index is 0.0665. The molecule has 7 heteroatoms. The molecule has 30 heavy (non-hydrogen) atoms. The molecule has 0 heterocycles. The van der Waals surface area contributed by atoms with Crippen molar-refractivity contribution in [2.75, 3.05) is 10.0 Å². The van der Waals surface area contributed by atoms with Gasteiger partial charge in [0.15, 0.2) is 0 Å². The van der Waals surface area contributed by atoms with Crippen molar-refractivity contribution in [3.63, 3.8) is 0 Å². The second-order valence-electron chi connectivity index (χ2n) is 7.14. The molecule has 3 aromatic rings. The molecule has 0 spiro atoms. The number of amides is 1. The van der Waals surface area contributed by atoms with E-state index in [1.54, 1.807) is 66.7 Å². The van der Waals surface area contributed by atoms with Crippen LogP contribution in [0.1, 0.15) is 29.8 Å². The standard InChI is InChI=1S/C23H24N2O4S/c1-16(2)29-21-11-9-19(10-12-21)24-23(26)18-5-4-6-20(15-18)25-30(27,28)22-13-7-17(3)8-14-22/h4-16,25H,1-3H3,(H,24,26). The molecular weight excluding hydrogens is 400 g/mol. The largest absolute Gasteiger partial charge is 0.491 e. The molecule has 0 radical (unpaired) electrons. The summed E-state index contributed by atoms with van der Waals surface area (Å²) in [4.78, 5) is 12.7. The van der Waals surface area contributed by atoms with E-state index in [-0.39, 0.29) is 16.9 Å². The summed E-state index contributed by atoms with van der Waals surface area (Å²) in [5, 5.41) is 2.79. The normalized spacial score (nSPS) is 11.2. The van der Waals surface area contributed by atoms with Crippen LogP contribution >= 0.6 is 0 Å². The summed E-state index contributed by atoms with van der Waals surface area (Å²) in [6.45, 7) is 5.77. The summed E-state index contributed by atoms with van der Waals surface area (Å²) < 4.78 is 33.2. The van der Waals surface area contributed by atoms with E-state index in [2.05, 4.69) is 10.0 Å². The third kappa shape index (κ3) is 5.61. The Hall–Kier alpha value is -3.32. The molecule has 0 saturated carbocycles. The van der Waals surface area contributed by atoms with Gasteiger partial charge in [-0.3, -0.25) is 9.52 Å². The molecule has 3 aromatic carbocycles. The minimum Gasteiger partial charge on any atom is -0.491 e. The third-order valence-electron chi connectivity index (χ3n) is 4.19. The van der Waals surface area contributed by atoms with Crippen LogP contribution in [0.2, 0.25) is 0 Å². The van der Waals surface area contributed by atoms with Crippen LogP contribution in [0.25, 0.3) is 0 Å². The van der Waals surface area contributed by atoms with Crippen molar-refractivity contribution in [3.05, 3.63) is 83.9 Å². The van der Waals surface area contributed by atoms with Crippen molar-refractivity contribution in [1.29, 1.82) is 0 Å². The average molecular weight is 425 g/mol. The summed E-state index contributed by atoms with van der Waals surface area (Å²) in [6, 6.07) is 19.9. The van der Waals surface area contributed by atoms with Crippen LogP contribution in [0.5, 0.6) is 5.75 Å². The minimum atomic E-state index is -3.74. The molecule has 2 N–H and O–H groups in total. The molecule has 0 unspecified atom stereocenters. The monoisotopic (exact) mass is 424 g/mol. The summed E-state index contributed by atoms with van der Waals surface area (Å²) in [6.07, 6.45) is 0.0665. The molecule has 0 aliphatic carbocycles. The molecule has 0 aromatic heterocycles. The lowest BCUT2D eigenvalue weighted by Gasteiger charge is -2.12. The zero-order valence-corrected chi connectivity index (χ0v) is 17.9. The van der Waals surface area contributed by atoms with E-state index in [0.717, 1.165) is 11.3 Å². The van der Waals surface area contributed by atoms with Gasteiger partial charge in [0.1, 0.15) is 5.75 Å². The SMILES string of the molecule is Cc1ccc(S(=O)(=O)Nc2cccc(C(=O)Nc3ccc(OC(C)C)cc3)c2)cc1. The van der Waals surface area contributed by atoms with Crippen molar-refractivity contribution < 1.29 is 17.9 Å². The van der Waals surface area contributed by atoms with Crippen LogP contribution in [0.15, 0.2) is 77.7 Å². The number of sulfonamides is 1. The first-order valence-electron chi connectivity index (χ1n) is 9.50. The molecule has 0 aliphatic rings. The fraction of sp³-hybridized carbons (Fsp3) is 0.174. The van der Waals surface area contributed by atoms with Crippen molar-refractivity contribution in [2.45, 2.75) is 31.8 Å². The maximum atomic E-state index is 12.6. The quantitative estimate of drug-likeness (QED) is 0.569. The highest BCUT2D eigenvalue weighted by molar-refractivity contribution is 7.92. The Morgan fingerprint density at radius 3 is 2.20 bits per heavy atom. The first-order chi connectivity index (χ1) is 14.2. The summed E-state index contributed by atoms with van der Waals surface area (Å²) >= 11 is 0. The van der Waals surface area contributed by atoms with Gasteiger partial charge in [-0.25, -0.2) is 8.42 Å². The number of benzene rings is 3. The molecule has 0 saturated heterocycles. The van der Waals surface area contributed by atoms with Gasteiger partial charge < -0.3 is 10.1 Å². The number of anilines is 2. The van der Waals surface area contributed by atoms with Gasteiger partial charge in [-0.1, -0.05) is 23.8 Å². The Bertz CT molecular complexity index is 1120. The predicted molar refractivity (Wildman–Crippen MR) is 119 cm³/mol. The zero-order chi connectivity index (χ0) is 21.7. The third-order valence-corrected chi connectivity index (χ3v) is 5.59. The second kappa shape index (κ2) is 9.00. The number of aryl methyl sites for hydroxylation is 1. The van der Waals surface area contributed by atoms with Crippen molar-refractivity contribution in [2.24, 2.45) is 0 Å². The fourth-order valence-electron chi connectivity index (χ4n) is 2.75. The average Bonchev–Trinajstić information content (AvgIpc) is 2.69. The molecule has 0 aliphatic heterocycles. The van der Waals surface area contributed by atoms with Gasteiger partial charge in [0.25, 0.3) is 15.9 Å². The number of hydrogen-bond donors (Lipinski definition) is 2.